The highest BCUT2D eigenvalue weighted by atomic mass is 16.3. The number of ketones is 1. The first-order chi connectivity index (χ1) is 15.2. The predicted octanol–water partition coefficient (Wildman–Crippen LogP) is 1.57. The molecule has 0 atom stereocenters. The number of β-amino-alcohol motifs (C(OH)–C–C–N with tert-alkyl or cyclic N) is 1. The SMILES string of the molecule is O=C1Nc2c(cccc2-c2ccccc2)C(=O)C1=CNCCN1CCN(CCO)CC1. The standard InChI is InChI=1S/C24H28N4O3/c29-16-15-28-13-11-27(12-14-28)10-9-25-17-21-23(30)20-8-4-7-19(22(20)26-24(21)31)18-5-2-1-3-6-18/h1-8,17,25,29H,9-16H2,(H,26,31). The van der Waals surface area contributed by atoms with E-state index in [0.29, 0.717) is 17.8 Å². The van der Waals surface area contributed by atoms with E-state index in [2.05, 4.69) is 20.4 Å². The summed E-state index contributed by atoms with van der Waals surface area (Å²) in [5.74, 6) is -0.646. The molecule has 4 rings (SSSR count). The Morgan fingerprint density at radius 1 is 0.903 bits per heavy atom. The number of fused-ring (bicyclic) bond motifs is 1. The molecule has 0 bridgehead atoms. The molecule has 2 aliphatic heterocycles. The Morgan fingerprint density at radius 3 is 2.29 bits per heavy atom. The van der Waals surface area contributed by atoms with Crippen LogP contribution in [0.4, 0.5) is 5.69 Å². The third-order valence-corrected chi connectivity index (χ3v) is 5.82. The van der Waals surface area contributed by atoms with E-state index in [1.54, 1.807) is 6.07 Å². The Labute approximate surface area is 182 Å². The number of aliphatic hydroxyl groups excluding tert-OH is 1. The number of nitrogens with one attached hydrogen (secondary N) is 2. The molecule has 31 heavy (non-hydrogen) atoms. The topological polar surface area (TPSA) is 84.9 Å². The van der Waals surface area contributed by atoms with Crippen molar-refractivity contribution in [3.05, 3.63) is 65.9 Å². The van der Waals surface area contributed by atoms with Gasteiger partial charge in [-0.3, -0.25) is 19.4 Å². The molecule has 0 aromatic heterocycles. The van der Waals surface area contributed by atoms with Gasteiger partial charge in [-0.25, -0.2) is 0 Å². The number of nitrogens with zero attached hydrogens (tertiary/aromatic N) is 2. The zero-order chi connectivity index (χ0) is 21.6. The van der Waals surface area contributed by atoms with Gasteiger partial charge >= 0.3 is 0 Å². The fourth-order valence-corrected chi connectivity index (χ4v) is 4.07. The van der Waals surface area contributed by atoms with Crippen molar-refractivity contribution in [3.8, 4) is 11.1 Å². The van der Waals surface area contributed by atoms with Crippen LogP contribution in [0.25, 0.3) is 11.1 Å². The van der Waals surface area contributed by atoms with Gasteiger partial charge in [-0.2, -0.15) is 0 Å². The highest BCUT2D eigenvalue weighted by Gasteiger charge is 2.30. The number of carbonyl (C=O) groups is 2. The van der Waals surface area contributed by atoms with Crippen LogP contribution in [-0.2, 0) is 4.79 Å². The first-order valence-corrected chi connectivity index (χ1v) is 10.7. The van der Waals surface area contributed by atoms with Crippen molar-refractivity contribution in [1.82, 2.24) is 15.1 Å². The van der Waals surface area contributed by atoms with Crippen LogP contribution in [-0.4, -0.2) is 79.0 Å². The normalized spacial score (nSPS) is 18.7. The lowest BCUT2D eigenvalue weighted by Gasteiger charge is -2.34. The lowest BCUT2D eigenvalue weighted by atomic mass is 9.92. The van der Waals surface area contributed by atoms with Gasteiger partial charge in [0.1, 0.15) is 5.57 Å². The van der Waals surface area contributed by atoms with Crippen molar-refractivity contribution in [2.75, 3.05) is 57.7 Å². The van der Waals surface area contributed by atoms with Crippen molar-refractivity contribution in [1.29, 1.82) is 0 Å². The van der Waals surface area contributed by atoms with Crippen LogP contribution in [0.5, 0.6) is 0 Å². The summed E-state index contributed by atoms with van der Waals surface area (Å²) in [6.07, 6.45) is 1.54. The van der Waals surface area contributed by atoms with Crippen molar-refractivity contribution < 1.29 is 14.7 Å². The molecule has 2 aliphatic rings. The third-order valence-electron chi connectivity index (χ3n) is 5.82. The number of benzene rings is 2. The molecule has 0 aliphatic carbocycles. The van der Waals surface area contributed by atoms with E-state index < -0.39 is 0 Å². The van der Waals surface area contributed by atoms with Crippen molar-refractivity contribution in [2.24, 2.45) is 0 Å². The van der Waals surface area contributed by atoms with Crippen LogP contribution in [0.1, 0.15) is 10.4 Å². The smallest absolute Gasteiger partial charge is 0.261 e. The number of Topliss-reactive ketones (excluding diaryl/α,β-unsaturated/α-hetero) is 1. The van der Waals surface area contributed by atoms with Gasteiger partial charge in [-0.15, -0.1) is 0 Å². The molecular formula is C24H28N4O3. The van der Waals surface area contributed by atoms with Crippen LogP contribution < -0.4 is 10.6 Å². The molecule has 1 fully saturated rings. The second kappa shape index (κ2) is 9.87. The number of piperazine rings is 1. The molecule has 162 valence electrons. The second-order valence-corrected chi connectivity index (χ2v) is 7.80. The number of hydrogen-bond acceptors (Lipinski definition) is 6. The zero-order valence-electron chi connectivity index (χ0n) is 17.5. The number of hydrogen-bond donors (Lipinski definition) is 3. The maximum atomic E-state index is 13.0. The summed E-state index contributed by atoms with van der Waals surface area (Å²) in [5, 5.41) is 15.1. The molecule has 2 heterocycles. The average Bonchev–Trinajstić information content (AvgIpc) is 2.80. The van der Waals surface area contributed by atoms with Crippen LogP contribution >= 0.6 is 0 Å². The van der Waals surface area contributed by atoms with Gasteiger partial charge < -0.3 is 15.7 Å². The minimum atomic E-state index is -0.383. The first kappa shape index (κ1) is 21.2. The molecule has 0 radical (unpaired) electrons. The Bertz CT molecular complexity index is 966. The summed E-state index contributed by atoms with van der Waals surface area (Å²) in [6.45, 7) is 6.21. The molecule has 1 saturated heterocycles. The Morgan fingerprint density at radius 2 is 1.58 bits per heavy atom. The van der Waals surface area contributed by atoms with E-state index >= 15 is 0 Å². The number of rotatable bonds is 7. The number of amides is 1. The molecular weight excluding hydrogens is 392 g/mol. The highest BCUT2D eigenvalue weighted by Crippen LogP contribution is 2.35. The van der Waals surface area contributed by atoms with Crippen molar-refractivity contribution >= 4 is 17.4 Å². The quantitative estimate of drug-likeness (QED) is 0.358. The Hall–Kier alpha value is -3.00. The number of para-hydroxylation sites is 1. The molecule has 2 aromatic carbocycles. The number of carbonyl (C=O) groups excluding carboxylic acids is 2. The largest absolute Gasteiger partial charge is 0.395 e. The summed E-state index contributed by atoms with van der Waals surface area (Å²) in [4.78, 5) is 30.3. The summed E-state index contributed by atoms with van der Waals surface area (Å²) in [6, 6.07) is 15.2. The molecule has 0 spiro atoms. The minimum Gasteiger partial charge on any atom is -0.395 e. The molecule has 3 N–H and O–H groups in total. The van der Waals surface area contributed by atoms with E-state index in [0.717, 1.165) is 50.4 Å². The van der Waals surface area contributed by atoms with E-state index in [4.69, 9.17) is 5.11 Å². The predicted molar refractivity (Wildman–Crippen MR) is 121 cm³/mol. The maximum Gasteiger partial charge on any atom is 0.261 e. The highest BCUT2D eigenvalue weighted by molar-refractivity contribution is 6.34. The number of anilines is 1. The van der Waals surface area contributed by atoms with Crippen LogP contribution in [0.2, 0.25) is 0 Å². The fraction of sp³-hybridized carbons (Fsp3) is 0.333. The first-order valence-electron chi connectivity index (χ1n) is 10.7. The van der Waals surface area contributed by atoms with E-state index in [-0.39, 0.29) is 23.9 Å². The average molecular weight is 421 g/mol. The van der Waals surface area contributed by atoms with E-state index in [1.807, 2.05) is 42.5 Å². The van der Waals surface area contributed by atoms with Gasteiger partial charge in [0.05, 0.1) is 12.3 Å². The molecule has 0 saturated carbocycles. The summed E-state index contributed by atoms with van der Waals surface area (Å²) in [7, 11) is 0. The Balaban J connectivity index is 1.39. The molecule has 7 heteroatoms. The van der Waals surface area contributed by atoms with Crippen LogP contribution in [0.3, 0.4) is 0 Å². The lowest BCUT2D eigenvalue weighted by Crippen LogP contribution is -2.48. The monoisotopic (exact) mass is 420 g/mol. The lowest BCUT2D eigenvalue weighted by molar-refractivity contribution is -0.112. The molecule has 7 nitrogen and oxygen atoms in total. The van der Waals surface area contributed by atoms with Crippen LogP contribution in [0.15, 0.2) is 60.3 Å². The van der Waals surface area contributed by atoms with E-state index in [9.17, 15) is 9.59 Å². The van der Waals surface area contributed by atoms with Gasteiger partial charge in [0.15, 0.2) is 0 Å². The molecule has 0 unspecified atom stereocenters. The molecule has 2 aromatic rings. The van der Waals surface area contributed by atoms with Gasteiger partial charge in [0.25, 0.3) is 5.91 Å². The summed E-state index contributed by atoms with van der Waals surface area (Å²) < 4.78 is 0. The van der Waals surface area contributed by atoms with Gasteiger partial charge in [-0.05, 0) is 11.6 Å². The molecule has 1 amide bonds. The van der Waals surface area contributed by atoms with Crippen molar-refractivity contribution in [3.63, 3.8) is 0 Å². The van der Waals surface area contributed by atoms with Crippen molar-refractivity contribution in [2.45, 2.75) is 0 Å². The maximum absolute atomic E-state index is 13.0. The summed E-state index contributed by atoms with van der Waals surface area (Å²) >= 11 is 0. The van der Waals surface area contributed by atoms with Gasteiger partial charge in [0, 0.05) is 63.1 Å². The zero-order valence-corrected chi connectivity index (χ0v) is 17.5. The third kappa shape index (κ3) is 4.85. The summed E-state index contributed by atoms with van der Waals surface area (Å²) in [5.41, 5.74) is 3.00. The van der Waals surface area contributed by atoms with Crippen LogP contribution in [0, 0.1) is 0 Å². The Kier molecular flexibility index (Phi) is 6.76. The van der Waals surface area contributed by atoms with Gasteiger partial charge in [-0.1, -0.05) is 42.5 Å². The van der Waals surface area contributed by atoms with E-state index in [1.165, 1.54) is 6.20 Å². The number of aliphatic hydroxyl groups is 1. The van der Waals surface area contributed by atoms with Gasteiger partial charge in [0.2, 0.25) is 5.78 Å². The fourth-order valence-electron chi connectivity index (χ4n) is 4.07. The minimum absolute atomic E-state index is 0.130. The second-order valence-electron chi connectivity index (χ2n) is 7.80.